The summed E-state index contributed by atoms with van der Waals surface area (Å²) in [4.78, 5) is 33.0. The number of benzene rings is 1. The van der Waals surface area contributed by atoms with Gasteiger partial charge in [0.1, 0.15) is 11.8 Å². The lowest BCUT2D eigenvalue weighted by molar-refractivity contribution is -0.135. The molecule has 41 heavy (non-hydrogen) atoms. The van der Waals surface area contributed by atoms with E-state index >= 15 is 0 Å². The van der Waals surface area contributed by atoms with Crippen molar-refractivity contribution in [2.24, 2.45) is 5.41 Å². The number of rotatable bonds is 6. The summed E-state index contributed by atoms with van der Waals surface area (Å²) in [6.45, 7) is 9.40. The third-order valence-corrected chi connectivity index (χ3v) is 8.74. The van der Waals surface area contributed by atoms with E-state index in [4.69, 9.17) is 5.73 Å². The number of hydrogen-bond donors (Lipinski definition) is 4. The van der Waals surface area contributed by atoms with Crippen molar-refractivity contribution in [2.45, 2.75) is 39.3 Å². The number of amides is 2. The largest absolute Gasteiger partial charge is 0.507 e. The molecule has 0 bridgehead atoms. The lowest BCUT2D eigenvalue weighted by Crippen LogP contribution is -2.54. The monoisotopic (exact) mass is 579 g/mol. The first-order chi connectivity index (χ1) is 19.5. The molecule has 5 rings (SSSR count). The second-order valence-electron chi connectivity index (χ2n) is 11.6. The van der Waals surface area contributed by atoms with Gasteiger partial charge in [0.05, 0.1) is 27.4 Å². The van der Waals surface area contributed by atoms with Gasteiger partial charge in [0, 0.05) is 44.8 Å². The fourth-order valence-corrected chi connectivity index (χ4v) is 6.19. The van der Waals surface area contributed by atoms with E-state index in [-0.39, 0.29) is 17.6 Å². The third-order valence-electron chi connectivity index (χ3n) is 7.59. The Hall–Kier alpha value is -3.90. The van der Waals surface area contributed by atoms with E-state index in [1.54, 1.807) is 29.2 Å². The smallest absolute Gasteiger partial charge is 0.262 e. The second-order valence-corrected chi connectivity index (χ2v) is 12.7. The first-order valence-corrected chi connectivity index (χ1v) is 14.6. The molecule has 2 atom stereocenters. The molecule has 3 aromatic rings. The van der Waals surface area contributed by atoms with Crippen molar-refractivity contribution in [2.75, 3.05) is 54.8 Å². The molecule has 11 nitrogen and oxygen atoms in total. The Bertz CT molecular complexity index is 1410. The van der Waals surface area contributed by atoms with Gasteiger partial charge in [-0.15, -0.1) is 21.5 Å². The summed E-state index contributed by atoms with van der Waals surface area (Å²) in [6, 6.07) is 11.9. The van der Waals surface area contributed by atoms with Crippen LogP contribution in [0, 0.1) is 5.41 Å². The number of anilines is 3. The number of likely N-dealkylation sites (tertiary alicyclic amines) is 1. The summed E-state index contributed by atoms with van der Waals surface area (Å²) in [6.07, 6.45) is 0.0429. The average Bonchev–Trinajstić information content (AvgIpc) is 3.61. The van der Waals surface area contributed by atoms with Crippen LogP contribution in [-0.4, -0.2) is 88.5 Å². The van der Waals surface area contributed by atoms with Crippen molar-refractivity contribution < 1.29 is 19.8 Å². The number of nitrogens with one attached hydrogen (secondary N) is 1. The van der Waals surface area contributed by atoms with Gasteiger partial charge in [-0.05, 0) is 42.2 Å². The summed E-state index contributed by atoms with van der Waals surface area (Å²) < 4.78 is 0. The van der Waals surface area contributed by atoms with Crippen LogP contribution in [0.15, 0.2) is 42.5 Å². The van der Waals surface area contributed by atoms with Gasteiger partial charge >= 0.3 is 0 Å². The van der Waals surface area contributed by atoms with Crippen LogP contribution in [0.1, 0.15) is 36.9 Å². The van der Waals surface area contributed by atoms with Crippen LogP contribution in [0.4, 0.5) is 16.5 Å². The molecule has 4 heterocycles. The average molecular weight is 580 g/mol. The molecular formula is C29H37N7O4S. The maximum Gasteiger partial charge on any atom is 0.262 e. The van der Waals surface area contributed by atoms with E-state index in [2.05, 4.69) is 25.3 Å². The number of thiophene rings is 1. The van der Waals surface area contributed by atoms with Crippen LogP contribution in [0.3, 0.4) is 0 Å². The molecule has 0 unspecified atom stereocenters. The maximum atomic E-state index is 13.2. The fourth-order valence-electron chi connectivity index (χ4n) is 5.23. The van der Waals surface area contributed by atoms with Crippen LogP contribution in [0.5, 0.6) is 5.75 Å². The number of aliphatic hydroxyl groups excluding tert-OH is 1. The molecule has 2 fully saturated rings. The molecule has 5 N–H and O–H groups in total. The van der Waals surface area contributed by atoms with Gasteiger partial charge in [0.2, 0.25) is 5.91 Å². The number of nitrogen functional groups attached to an aromatic ring is 1. The number of hydrogen-bond acceptors (Lipinski definition) is 10. The van der Waals surface area contributed by atoms with Gasteiger partial charge in [-0.25, -0.2) is 0 Å². The third kappa shape index (κ3) is 6.23. The molecule has 0 spiro atoms. The molecule has 2 aromatic heterocycles. The molecule has 2 aliphatic heterocycles. The highest BCUT2D eigenvalue weighted by atomic mass is 32.1. The van der Waals surface area contributed by atoms with Gasteiger partial charge in [-0.1, -0.05) is 32.9 Å². The van der Waals surface area contributed by atoms with Crippen LogP contribution in [0.2, 0.25) is 0 Å². The molecule has 0 radical (unpaired) electrons. The number of piperazine rings is 1. The summed E-state index contributed by atoms with van der Waals surface area (Å²) in [5.74, 6) is 0.0260. The topological polar surface area (TPSA) is 148 Å². The zero-order valence-corrected chi connectivity index (χ0v) is 24.4. The minimum atomic E-state index is -0.698. The predicted molar refractivity (Wildman–Crippen MR) is 160 cm³/mol. The zero-order chi connectivity index (χ0) is 29.3. The van der Waals surface area contributed by atoms with Crippen LogP contribution in [0.25, 0.3) is 11.3 Å². The Balaban J connectivity index is 1.23. The maximum absolute atomic E-state index is 13.2. The molecule has 12 heteroatoms. The Morgan fingerprint density at radius 1 is 1.05 bits per heavy atom. The van der Waals surface area contributed by atoms with Gasteiger partial charge < -0.3 is 36.0 Å². The van der Waals surface area contributed by atoms with Crippen molar-refractivity contribution in [3.63, 3.8) is 0 Å². The van der Waals surface area contributed by atoms with Crippen molar-refractivity contribution in [3.05, 3.63) is 47.3 Å². The predicted octanol–water partition coefficient (Wildman–Crippen LogP) is 2.56. The molecular weight excluding hydrogens is 542 g/mol. The number of phenolic OH excluding ortho intramolecular Hbond substituents is 1. The minimum Gasteiger partial charge on any atom is -0.507 e. The van der Waals surface area contributed by atoms with E-state index in [0.29, 0.717) is 54.6 Å². The van der Waals surface area contributed by atoms with E-state index < -0.39 is 17.6 Å². The standard InChI is InChI=1S/C29H37N7O4S/c1-29(2,3)25(28(40)36-11-10-18(37)17-36)31-27(39)23-8-9-24(41-23)35-14-12-34(13-15-35)21-16-20(32-33-26(21)30)19-6-4-5-7-22(19)38/h4-9,16,18,25,37-38H,10-15,17H2,1-3H3,(H2,30,33)(H,31,39)/t18-,25-/m1/s1. The van der Waals surface area contributed by atoms with Gasteiger partial charge in [0.15, 0.2) is 5.82 Å². The molecule has 0 saturated carbocycles. The highest BCUT2D eigenvalue weighted by Crippen LogP contribution is 2.33. The Kier molecular flexibility index (Phi) is 8.05. The highest BCUT2D eigenvalue weighted by molar-refractivity contribution is 7.18. The number of carbonyl (C=O) groups excluding carboxylic acids is 2. The Labute approximate surface area is 243 Å². The van der Waals surface area contributed by atoms with Gasteiger partial charge in [0.25, 0.3) is 5.91 Å². The first kappa shape index (κ1) is 28.6. The molecule has 2 aliphatic rings. The molecule has 2 saturated heterocycles. The van der Waals surface area contributed by atoms with Crippen molar-refractivity contribution in [1.29, 1.82) is 0 Å². The van der Waals surface area contributed by atoms with Crippen LogP contribution >= 0.6 is 11.3 Å². The Morgan fingerprint density at radius 2 is 1.76 bits per heavy atom. The van der Waals surface area contributed by atoms with E-state index in [0.717, 1.165) is 23.8 Å². The molecule has 0 aliphatic carbocycles. The number of para-hydroxylation sites is 1. The lowest BCUT2D eigenvalue weighted by atomic mass is 9.85. The molecule has 218 valence electrons. The molecule has 2 amide bonds. The van der Waals surface area contributed by atoms with Crippen molar-refractivity contribution in [3.8, 4) is 17.0 Å². The Morgan fingerprint density at radius 3 is 2.41 bits per heavy atom. The van der Waals surface area contributed by atoms with E-state index in [9.17, 15) is 19.8 Å². The lowest BCUT2D eigenvalue weighted by Gasteiger charge is -2.36. The summed E-state index contributed by atoms with van der Waals surface area (Å²) in [5, 5.41) is 32.4. The SMILES string of the molecule is CC(C)(C)[C@H](NC(=O)c1ccc(N2CCN(c3cc(-c4ccccc4O)nnc3N)CC2)s1)C(=O)N1CC[C@@H](O)C1. The van der Waals surface area contributed by atoms with Crippen LogP contribution in [-0.2, 0) is 4.79 Å². The van der Waals surface area contributed by atoms with Gasteiger partial charge in [-0.2, -0.15) is 0 Å². The number of phenols is 1. The van der Waals surface area contributed by atoms with Crippen LogP contribution < -0.4 is 20.9 Å². The first-order valence-electron chi connectivity index (χ1n) is 13.8. The number of nitrogens with zero attached hydrogens (tertiary/aromatic N) is 5. The van der Waals surface area contributed by atoms with E-state index in [1.807, 2.05) is 39.0 Å². The van der Waals surface area contributed by atoms with Crippen molar-refractivity contribution >= 4 is 39.7 Å². The van der Waals surface area contributed by atoms with E-state index in [1.165, 1.54) is 11.3 Å². The highest BCUT2D eigenvalue weighted by Gasteiger charge is 2.38. The van der Waals surface area contributed by atoms with Crippen molar-refractivity contribution in [1.82, 2.24) is 20.4 Å². The quantitative estimate of drug-likeness (QED) is 0.346. The number of β-amino-alcohol motifs (C(OH)–C–C–N with tert-alkyl or cyclic N) is 1. The normalized spacial score (nSPS) is 18.4. The summed E-state index contributed by atoms with van der Waals surface area (Å²) in [5.41, 5.74) is 7.62. The fraction of sp³-hybridized carbons (Fsp3) is 0.448. The summed E-state index contributed by atoms with van der Waals surface area (Å²) in [7, 11) is 0. The number of aromatic nitrogens is 2. The zero-order valence-electron chi connectivity index (χ0n) is 23.6. The summed E-state index contributed by atoms with van der Waals surface area (Å²) >= 11 is 1.40. The van der Waals surface area contributed by atoms with Gasteiger partial charge in [-0.3, -0.25) is 9.59 Å². The molecule has 1 aromatic carbocycles. The number of nitrogens with two attached hydrogens (primary N) is 1. The number of carbonyl (C=O) groups is 2. The minimum absolute atomic E-state index is 0.132. The second kappa shape index (κ2) is 11.5. The number of aliphatic hydroxyl groups is 1. The number of aromatic hydroxyl groups is 1.